The predicted octanol–water partition coefficient (Wildman–Crippen LogP) is 4.53. The van der Waals surface area contributed by atoms with E-state index in [0.29, 0.717) is 11.3 Å². The standard InChI is InChI=1S/C17H10BrClN4OS/c18-11-1-4-15-21-14(16(19)17(24)23(15)8-11)3-2-13-7-12(9-25-13)22-6-5-20-10-22/h1-10H. The number of halogens is 2. The topological polar surface area (TPSA) is 52.2 Å². The lowest BCUT2D eigenvalue weighted by Crippen LogP contribution is -2.16. The Bertz CT molecular complexity index is 1150. The minimum atomic E-state index is -0.294. The molecule has 25 heavy (non-hydrogen) atoms. The molecule has 0 aromatic carbocycles. The molecule has 124 valence electrons. The molecule has 0 radical (unpaired) electrons. The van der Waals surface area contributed by atoms with E-state index in [1.165, 1.54) is 4.40 Å². The third-order valence-corrected chi connectivity index (χ3v) is 5.28. The zero-order valence-electron chi connectivity index (χ0n) is 12.6. The fourth-order valence-corrected chi connectivity index (χ4v) is 3.67. The fourth-order valence-electron chi connectivity index (χ4n) is 2.36. The highest BCUT2D eigenvalue weighted by atomic mass is 79.9. The first-order chi connectivity index (χ1) is 12.1. The summed E-state index contributed by atoms with van der Waals surface area (Å²) in [6, 6.07) is 5.63. The maximum absolute atomic E-state index is 12.4. The van der Waals surface area contributed by atoms with Gasteiger partial charge in [0.1, 0.15) is 10.7 Å². The van der Waals surface area contributed by atoms with Crippen molar-refractivity contribution in [2.75, 3.05) is 0 Å². The van der Waals surface area contributed by atoms with Gasteiger partial charge in [-0.2, -0.15) is 0 Å². The fraction of sp³-hybridized carbons (Fsp3) is 0. The van der Waals surface area contributed by atoms with Crippen molar-refractivity contribution in [3.63, 3.8) is 0 Å². The Morgan fingerprint density at radius 3 is 2.96 bits per heavy atom. The van der Waals surface area contributed by atoms with E-state index in [9.17, 15) is 4.79 Å². The minimum Gasteiger partial charge on any atom is -0.305 e. The van der Waals surface area contributed by atoms with Crippen LogP contribution < -0.4 is 5.56 Å². The van der Waals surface area contributed by atoms with Gasteiger partial charge < -0.3 is 4.57 Å². The van der Waals surface area contributed by atoms with Gasteiger partial charge in [-0.25, -0.2) is 9.97 Å². The first-order valence-corrected chi connectivity index (χ1v) is 9.29. The van der Waals surface area contributed by atoms with Crippen molar-refractivity contribution in [3.05, 3.63) is 78.9 Å². The average molecular weight is 434 g/mol. The van der Waals surface area contributed by atoms with Crippen LogP contribution in [0.1, 0.15) is 10.6 Å². The van der Waals surface area contributed by atoms with Gasteiger partial charge in [0.2, 0.25) is 0 Å². The minimum absolute atomic E-state index is 0.0956. The molecule has 0 spiro atoms. The Balaban J connectivity index is 1.71. The van der Waals surface area contributed by atoms with Crippen molar-refractivity contribution in [1.82, 2.24) is 18.9 Å². The number of aromatic nitrogens is 4. The van der Waals surface area contributed by atoms with Crippen LogP contribution in [0.15, 0.2) is 57.8 Å². The smallest absolute Gasteiger partial charge is 0.277 e. The maximum Gasteiger partial charge on any atom is 0.277 e. The van der Waals surface area contributed by atoms with E-state index < -0.39 is 0 Å². The number of rotatable bonds is 3. The zero-order chi connectivity index (χ0) is 17.4. The van der Waals surface area contributed by atoms with Crippen LogP contribution in [0.5, 0.6) is 0 Å². The molecule has 0 atom stereocenters. The van der Waals surface area contributed by atoms with Crippen molar-refractivity contribution in [1.29, 1.82) is 0 Å². The van der Waals surface area contributed by atoms with Crippen molar-refractivity contribution >= 4 is 56.7 Å². The maximum atomic E-state index is 12.4. The number of fused-ring (bicyclic) bond motifs is 1. The van der Waals surface area contributed by atoms with E-state index in [0.717, 1.165) is 15.0 Å². The summed E-state index contributed by atoms with van der Waals surface area (Å²) in [5.74, 6) is 0. The van der Waals surface area contributed by atoms with Crippen molar-refractivity contribution in [2.45, 2.75) is 0 Å². The molecule has 4 heterocycles. The van der Waals surface area contributed by atoms with Crippen molar-refractivity contribution in [2.24, 2.45) is 0 Å². The number of hydrogen-bond donors (Lipinski definition) is 0. The first-order valence-electron chi connectivity index (χ1n) is 7.24. The quantitative estimate of drug-likeness (QED) is 0.477. The molecule has 0 saturated heterocycles. The molecular formula is C17H10BrClN4OS. The van der Waals surface area contributed by atoms with Crippen LogP contribution in [0, 0.1) is 0 Å². The third-order valence-electron chi connectivity index (χ3n) is 3.57. The number of imidazole rings is 1. The molecule has 0 fully saturated rings. The second kappa shape index (κ2) is 6.59. The number of pyridine rings is 1. The summed E-state index contributed by atoms with van der Waals surface area (Å²) in [6.07, 6.45) is 10.7. The summed E-state index contributed by atoms with van der Waals surface area (Å²) in [7, 11) is 0. The van der Waals surface area contributed by atoms with E-state index >= 15 is 0 Å². The lowest BCUT2D eigenvalue weighted by atomic mass is 10.3. The van der Waals surface area contributed by atoms with Gasteiger partial charge >= 0.3 is 0 Å². The molecular weight excluding hydrogens is 424 g/mol. The summed E-state index contributed by atoms with van der Waals surface area (Å²) in [5, 5.41) is 2.13. The van der Waals surface area contributed by atoms with Crippen LogP contribution in [0.2, 0.25) is 5.02 Å². The molecule has 0 bridgehead atoms. The van der Waals surface area contributed by atoms with Gasteiger partial charge in [0, 0.05) is 33.3 Å². The third kappa shape index (κ3) is 3.18. The average Bonchev–Trinajstić information content (AvgIpc) is 3.28. The van der Waals surface area contributed by atoms with Crippen LogP contribution >= 0.6 is 38.9 Å². The van der Waals surface area contributed by atoms with Gasteiger partial charge in [0.05, 0.1) is 17.7 Å². The largest absolute Gasteiger partial charge is 0.305 e. The summed E-state index contributed by atoms with van der Waals surface area (Å²) in [5.41, 5.74) is 1.73. The molecule has 4 aromatic heterocycles. The summed E-state index contributed by atoms with van der Waals surface area (Å²) in [6.45, 7) is 0. The molecule has 0 saturated carbocycles. The van der Waals surface area contributed by atoms with E-state index in [1.54, 1.807) is 42.2 Å². The van der Waals surface area contributed by atoms with Gasteiger partial charge in [-0.1, -0.05) is 11.6 Å². The van der Waals surface area contributed by atoms with Gasteiger partial charge in [0.15, 0.2) is 0 Å². The monoisotopic (exact) mass is 432 g/mol. The number of hydrogen-bond acceptors (Lipinski definition) is 4. The molecule has 0 N–H and O–H groups in total. The SMILES string of the molecule is O=c1c(Cl)c(C=Cc2cc(-n3ccnc3)cs2)nc2ccc(Br)cn12. The molecule has 0 aliphatic carbocycles. The highest BCUT2D eigenvalue weighted by Gasteiger charge is 2.09. The molecule has 5 nitrogen and oxygen atoms in total. The lowest BCUT2D eigenvalue weighted by molar-refractivity contribution is 1.03. The number of thiophene rings is 1. The van der Waals surface area contributed by atoms with Crippen LogP contribution in [0.4, 0.5) is 0 Å². The molecule has 0 amide bonds. The molecule has 4 aromatic rings. The normalized spacial score (nSPS) is 11.6. The zero-order valence-corrected chi connectivity index (χ0v) is 15.8. The Hall–Kier alpha value is -2.22. The van der Waals surface area contributed by atoms with E-state index in [2.05, 4.69) is 25.9 Å². The van der Waals surface area contributed by atoms with Gasteiger partial charge in [0.25, 0.3) is 5.56 Å². The first kappa shape index (κ1) is 16.3. The number of nitrogens with zero attached hydrogens (tertiary/aromatic N) is 4. The van der Waals surface area contributed by atoms with Crippen LogP contribution in [0.25, 0.3) is 23.5 Å². The van der Waals surface area contributed by atoms with Crippen LogP contribution in [0.3, 0.4) is 0 Å². The predicted molar refractivity (Wildman–Crippen MR) is 105 cm³/mol. The highest BCUT2D eigenvalue weighted by molar-refractivity contribution is 9.10. The lowest BCUT2D eigenvalue weighted by Gasteiger charge is -2.04. The Kier molecular flexibility index (Phi) is 4.29. The van der Waals surface area contributed by atoms with Gasteiger partial charge in [-0.05, 0) is 46.3 Å². The highest BCUT2D eigenvalue weighted by Crippen LogP contribution is 2.22. The van der Waals surface area contributed by atoms with Crippen LogP contribution in [-0.4, -0.2) is 18.9 Å². The summed E-state index contributed by atoms with van der Waals surface area (Å²) in [4.78, 5) is 21.9. The van der Waals surface area contributed by atoms with Crippen molar-refractivity contribution in [3.8, 4) is 5.69 Å². The Morgan fingerprint density at radius 2 is 2.16 bits per heavy atom. The molecule has 0 aliphatic heterocycles. The summed E-state index contributed by atoms with van der Waals surface area (Å²) >= 11 is 11.1. The molecule has 4 rings (SSSR count). The van der Waals surface area contributed by atoms with Crippen LogP contribution in [-0.2, 0) is 0 Å². The second-order valence-electron chi connectivity index (χ2n) is 5.20. The van der Waals surface area contributed by atoms with Gasteiger partial charge in [-0.15, -0.1) is 11.3 Å². The van der Waals surface area contributed by atoms with Crippen molar-refractivity contribution < 1.29 is 0 Å². The molecule has 8 heteroatoms. The van der Waals surface area contributed by atoms with E-state index in [4.69, 9.17) is 11.6 Å². The molecule has 0 unspecified atom stereocenters. The van der Waals surface area contributed by atoms with Gasteiger partial charge in [-0.3, -0.25) is 9.20 Å². The Labute approximate surface area is 160 Å². The van der Waals surface area contributed by atoms with E-state index in [1.807, 2.05) is 34.4 Å². The second-order valence-corrected chi connectivity index (χ2v) is 7.44. The Morgan fingerprint density at radius 1 is 1.28 bits per heavy atom. The molecule has 0 aliphatic rings. The summed E-state index contributed by atoms with van der Waals surface area (Å²) < 4.78 is 4.14. The van der Waals surface area contributed by atoms with E-state index in [-0.39, 0.29) is 10.6 Å².